The fourth-order valence-corrected chi connectivity index (χ4v) is 3.83. The Kier molecular flexibility index (Phi) is 2.59. The number of nitrogens with zero attached hydrogens (tertiary/aromatic N) is 2. The van der Waals surface area contributed by atoms with Crippen LogP contribution in [0.25, 0.3) is 5.52 Å². The molecule has 1 unspecified atom stereocenters. The standard InChI is InChI=1S/C11H11BrN2OS/c12-10-8-2-1-3-9(15)14(8)11(13-10)7-4-5-16-6-7/h1-3,7,15H,4-6H2. The molecule has 3 heterocycles. The van der Waals surface area contributed by atoms with E-state index in [1.54, 1.807) is 6.07 Å². The highest BCUT2D eigenvalue weighted by Gasteiger charge is 2.24. The third-order valence-corrected chi connectivity index (χ3v) is 4.66. The average Bonchev–Trinajstić information content (AvgIpc) is 2.87. The second-order valence-electron chi connectivity index (χ2n) is 3.93. The molecule has 2 aromatic heterocycles. The van der Waals surface area contributed by atoms with E-state index in [2.05, 4.69) is 20.9 Å². The summed E-state index contributed by atoms with van der Waals surface area (Å²) in [5.74, 6) is 3.98. The van der Waals surface area contributed by atoms with E-state index in [-0.39, 0.29) is 5.88 Å². The van der Waals surface area contributed by atoms with Crippen LogP contribution in [-0.4, -0.2) is 26.0 Å². The Morgan fingerprint density at radius 3 is 3.12 bits per heavy atom. The molecule has 0 radical (unpaired) electrons. The van der Waals surface area contributed by atoms with Gasteiger partial charge in [0, 0.05) is 11.7 Å². The molecular weight excluding hydrogens is 288 g/mol. The number of hydrogen-bond donors (Lipinski definition) is 1. The second kappa shape index (κ2) is 3.96. The van der Waals surface area contributed by atoms with Gasteiger partial charge in [0.1, 0.15) is 10.4 Å². The maximum atomic E-state index is 9.92. The summed E-state index contributed by atoms with van der Waals surface area (Å²) in [6.07, 6.45) is 1.14. The van der Waals surface area contributed by atoms with Crippen molar-refractivity contribution in [3.05, 3.63) is 28.6 Å². The minimum absolute atomic E-state index is 0.266. The fraction of sp³-hybridized carbons (Fsp3) is 0.364. The van der Waals surface area contributed by atoms with E-state index in [0.29, 0.717) is 5.92 Å². The van der Waals surface area contributed by atoms with Gasteiger partial charge in [-0.25, -0.2) is 4.98 Å². The first-order valence-electron chi connectivity index (χ1n) is 5.21. The van der Waals surface area contributed by atoms with Gasteiger partial charge in [-0.2, -0.15) is 11.8 Å². The number of rotatable bonds is 1. The normalized spacial score (nSPS) is 20.7. The molecule has 84 valence electrons. The van der Waals surface area contributed by atoms with Crippen molar-refractivity contribution in [1.82, 2.24) is 9.38 Å². The van der Waals surface area contributed by atoms with Crippen molar-refractivity contribution in [2.24, 2.45) is 0 Å². The zero-order valence-corrected chi connectivity index (χ0v) is 11.0. The zero-order valence-electron chi connectivity index (χ0n) is 8.56. The first kappa shape index (κ1) is 10.5. The van der Waals surface area contributed by atoms with Crippen LogP contribution in [0.4, 0.5) is 0 Å². The number of imidazole rings is 1. The maximum absolute atomic E-state index is 9.92. The Hall–Kier alpha value is -0.680. The van der Waals surface area contributed by atoms with E-state index in [0.717, 1.165) is 28.1 Å². The van der Waals surface area contributed by atoms with Crippen LogP contribution in [-0.2, 0) is 0 Å². The Balaban J connectivity index is 2.24. The molecule has 1 N–H and O–H groups in total. The van der Waals surface area contributed by atoms with Crippen LogP contribution in [0.3, 0.4) is 0 Å². The lowest BCUT2D eigenvalue weighted by Gasteiger charge is -2.08. The minimum Gasteiger partial charge on any atom is -0.494 e. The molecule has 1 fully saturated rings. The van der Waals surface area contributed by atoms with Gasteiger partial charge in [0.25, 0.3) is 0 Å². The van der Waals surface area contributed by atoms with Crippen molar-refractivity contribution in [2.75, 3.05) is 11.5 Å². The van der Waals surface area contributed by atoms with Crippen LogP contribution in [0.2, 0.25) is 0 Å². The highest BCUT2D eigenvalue weighted by atomic mass is 79.9. The number of fused-ring (bicyclic) bond motifs is 1. The number of aromatic nitrogens is 2. The van der Waals surface area contributed by atoms with Gasteiger partial charge in [-0.15, -0.1) is 0 Å². The van der Waals surface area contributed by atoms with Crippen LogP contribution in [0.5, 0.6) is 5.88 Å². The summed E-state index contributed by atoms with van der Waals surface area (Å²) < 4.78 is 2.66. The second-order valence-corrected chi connectivity index (χ2v) is 5.83. The topological polar surface area (TPSA) is 37.5 Å². The molecule has 0 spiro atoms. The van der Waals surface area contributed by atoms with E-state index in [4.69, 9.17) is 0 Å². The molecule has 0 aromatic carbocycles. The van der Waals surface area contributed by atoms with Gasteiger partial charge in [-0.05, 0) is 40.2 Å². The molecular formula is C11H11BrN2OS. The van der Waals surface area contributed by atoms with Crippen LogP contribution in [0.1, 0.15) is 18.2 Å². The molecule has 3 nitrogen and oxygen atoms in total. The van der Waals surface area contributed by atoms with Crippen molar-refractivity contribution in [3.63, 3.8) is 0 Å². The quantitative estimate of drug-likeness (QED) is 0.879. The monoisotopic (exact) mass is 298 g/mol. The highest BCUT2D eigenvalue weighted by molar-refractivity contribution is 9.10. The molecule has 2 aromatic rings. The Morgan fingerprint density at radius 1 is 1.50 bits per heavy atom. The Bertz CT molecular complexity index is 534. The summed E-state index contributed by atoms with van der Waals surface area (Å²) in [5.41, 5.74) is 0.937. The summed E-state index contributed by atoms with van der Waals surface area (Å²) in [4.78, 5) is 4.54. The largest absolute Gasteiger partial charge is 0.494 e. The first-order chi connectivity index (χ1) is 7.77. The number of hydrogen-bond acceptors (Lipinski definition) is 3. The summed E-state index contributed by atoms with van der Waals surface area (Å²) >= 11 is 5.40. The van der Waals surface area contributed by atoms with Crippen molar-refractivity contribution in [2.45, 2.75) is 12.3 Å². The van der Waals surface area contributed by atoms with Gasteiger partial charge in [-0.3, -0.25) is 4.40 Å². The highest BCUT2D eigenvalue weighted by Crippen LogP contribution is 2.35. The van der Waals surface area contributed by atoms with Gasteiger partial charge < -0.3 is 5.11 Å². The van der Waals surface area contributed by atoms with Crippen LogP contribution in [0, 0.1) is 0 Å². The van der Waals surface area contributed by atoms with Gasteiger partial charge in [0.05, 0.1) is 5.52 Å². The van der Waals surface area contributed by atoms with Crippen molar-refractivity contribution in [3.8, 4) is 5.88 Å². The molecule has 0 amide bonds. The van der Waals surface area contributed by atoms with E-state index in [1.165, 1.54) is 5.75 Å². The van der Waals surface area contributed by atoms with E-state index in [9.17, 15) is 5.11 Å². The fourth-order valence-electron chi connectivity index (χ4n) is 2.12. The molecule has 5 heteroatoms. The molecule has 0 aliphatic carbocycles. The van der Waals surface area contributed by atoms with Gasteiger partial charge in [0.15, 0.2) is 5.88 Å². The summed E-state index contributed by atoms with van der Waals surface area (Å²) in [6.45, 7) is 0. The van der Waals surface area contributed by atoms with Crippen molar-refractivity contribution >= 4 is 33.2 Å². The van der Waals surface area contributed by atoms with Gasteiger partial charge in [0.2, 0.25) is 0 Å². The van der Waals surface area contributed by atoms with Crippen molar-refractivity contribution in [1.29, 1.82) is 0 Å². The van der Waals surface area contributed by atoms with Crippen LogP contribution >= 0.6 is 27.7 Å². The lowest BCUT2D eigenvalue weighted by Crippen LogP contribution is -2.03. The molecule has 1 saturated heterocycles. The molecule has 1 aliphatic heterocycles. The van der Waals surface area contributed by atoms with Crippen molar-refractivity contribution < 1.29 is 5.11 Å². The van der Waals surface area contributed by atoms with E-state index >= 15 is 0 Å². The third-order valence-electron chi connectivity index (χ3n) is 2.92. The van der Waals surface area contributed by atoms with E-state index < -0.39 is 0 Å². The molecule has 1 aliphatic rings. The number of thioether (sulfide) groups is 1. The molecule has 16 heavy (non-hydrogen) atoms. The van der Waals surface area contributed by atoms with Crippen LogP contribution < -0.4 is 0 Å². The summed E-state index contributed by atoms with van der Waals surface area (Å²) in [6, 6.07) is 5.50. The van der Waals surface area contributed by atoms with Gasteiger partial charge in [-0.1, -0.05) is 6.07 Å². The molecule has 3 rings (SSSR count). The Labute approximate surface area is 106 Å². The number of halogens is 1. The predicted octanol–water partition coefficient (Wildman–Crippen LogP) is 3.02. The molecule has 0 saturated carbocycles. The van der Waals surface area contributed by atoms with Crippen LogP contribution in [0.15, 0.2) is 22.8 Å². The minimum atomic E-state index is 0.266. The zero-order chi connectivity index (χ0) is 11.1. The lowest BCUT2D eigenvalue weighted by atomic mass is 10.1. The Morgan fingerprint density at radius 2 is 2.38 bits per heavy atom. The number of aromatic hydroxyl groups is 1. The third kappa shape index (κ3) is 1.53. The maximum Gasteiger partial charge on any atom is 0.197 e. The summed E-state index contributed by atoms with van der Waals surface area (Å²) in [7, 11) is 0. The SMILES string of the molecule is Oc1cccc2c(Br)nc(C3CCSC3)n12. The lowest BCUT2D eigenvalue weighted by molar-refractivity contribution is 0.440. The summed E-state index contributed by atoms with van der Waals surface area (Å²) in [5, 5.41) is 9.92. The smallest absolute Gasteiger partial charge is 0.197 e. The molecule has 0 bridgehead atoms. The first-order valence-corrected chi connectivity index (χ1v) is 7.15. The number of pyridine rings is 1. The average molecular weight is 299 g/mol. The van der Waals surface area contributed by atoms with Gasteiger partial charge >= 0.3 is 0 Å². The van der Waals surface area contributed by atoms with E-state index in [1.807, 2.05) is 28.3 Å². The molecule has 1 atom stereocenters. The predicted molar refractivity (Wildman–Crippen MR) is 69.2 cm³/mol.